The molecule has 1 saturated carbocycles. The summed E-state index contributed by atoms with van der Waals surface area (Å²) in [6.07, 6.45) is 6.62. The van der Waals surface area contributed by atoms with Crippen LogP contribution in [-0.2, 0) is 4.74 Å². The third kappa shape index (κ3) is 4.94. The predicted octanol–water partition coefficient (Wildman–Crippen LogP) is 3.58. The van der Waals surface area contributed by atoms with Gasteiger partial charge in [-0.3, -0.25) is 4.79 Å². The summed E-state index contributed by atoms with van der Waals surface area (Å²) >= 11 is 0. The van der Waals surface area contributed by atoms with Gasteiger partial charge in [-0.25, -0.2) is 4.98 Å². The van der Waals surface area contributed by atoms with E-state index < -0.39 is 0 Å². The first-order chi connectivity index (χ1) is 15.5. The quantitative estimate of drug-likeness (QED) is 0.530. The van der Waals surface area contributed by atoms with Gasteiger partial charge < -0.3 is 20.7 Å². The summed E-state index contributed by atoms with van der Waals surface area (Å²) < 4.78 is 5.89. The molecule has 3 N–H and O–H groups in total. The van der Waals surface area contributed by atoms with E-state index in [1.807, 2.05) is 38.1 Å². The highest BCUT2D eigenvalue weighted by Crippen LogP contribution is 2.29. The zero-order valence-corrected chi connectivity index (χ0v) is 19.4. The fourth-order valence-corrected chi connectivity index (χ4v) is 4.89. The Morgan fingerprint density at radius 1 is 1.28 bits per heavy atom. The number of amides is 1. The van der Waals surface area contributed by atoms with Crippen LogP contribution in [0, 0.1) is 6.92 Å². The van der Waals surface area contributed by atoms with Crippen LogP contribution >= 0.6 is 0 Å². The molecule has 1 aliphatic carbocycles. The van der Waals surface area contributed by atoms with Crippen LogP contribution in [0.4, 0.5) is 5.82 Å². The standard InChI is InChI=1S/C25H35N5O2/c1-4-23(26)29-25(31)19-14-17-13-16(2)9-10-20(17)28-24(19)30-12-11-21(22(15-30)32-3)27-18-7-5-6-8-18/h9-10,13-14,18,21-22,27H,4-8,11-12,15H2,1-3H3,(H2,26,29,31). The first-order valence-electron chi connectivity index (χ1n) is 11.8. The molecule has 1 amide bonds. The number of rotatable bonds is 6. The van der Waals surface area contributed by atoms with Crippen LogP contribution in [0.2, 0.25) is 0 Å². The Morgan fingerprint density at radius 2 is 2.06 bits per heavy atom. The van der Waals surface area contributed by atoms with Gasteiger partial charge in [-0.1, -0.05) is 31.4 Å². The number of ether oxygens (including phenoxy) is 1. The number of hydrogen-bond acceptors (Lipinski definition) is 5. The summed E-state index contributed by atoms with van der Waals surface area (Å²) in [5.41, 5.74) is 8.38. The van der Waals surface area contributed by atoms with Crippen LogP contribution in [0.3, 0.4) is 0 Å². The van der Waals surface area contributed by atoms with E-state index in [0.29, 0.717) is 42.3 Å². The molecule has 7 heteroatoms. The van der Waals surface area contributed by atoms with Crippen molar-refractivity contribution in [3.8, 4) is 0 Å². The first kappa shape index (κ1) is 22.7. The summed E-state index contributed by atoms with van der Waals surface area (Å²) in [5.74, 6) is 0.662. The fraction of sp³-hybridized carbons (Fsp3) is 0.560. The topological polar surface area (TPSA) is 92.8 Å². The Labute approximate surface area is 190 Å². The van der Waals surface area contributed by atoms with E-state index in [1.54, 1.807) is 7.11 Å². The van der Waals surface area contributed by atoms with Gasteiger partial charge in [0.1, 0.15) is 11.7 Å². The lowest BCUT2D eigenvalue weighted by atomic mass is 9.99. The number of anilines is 1. The number of carbonyl (C=O) groups excluding carboxylic acids is 1. The SMILES string of the molecule is CCC(N)=NC(=O)c1cc2cc(C)ccc2nc1N1CCC(NC2CCCC2)C(OC)C1. The van der Waals surface area contributed by atoms with Crippen molar-refractivity contribution in [2.24, 2.45) is 10.7 Å². The number of amidine groups is 1. The maximum absolute atomic E-state index is 13.1. The van der Waals surface area contributed by atoms with Gasteiger partial charge in [0.15, 0.2) is 0 Å². The Balaban J connectivity index is 1.65. The van der Waals surface area contributed by atoms with Crippen LogP contribution in [0.5, 0.6) is 0 Å². The second-order valence-corrected chi connectivity index (χ2v) is 9.08. The lowest BCUT2D eigenvalue weighted by Crippen LogP contribution is -2.55. The van der Waals surface area contributed by atoms with Crippen molar-refractivity contribution >= 4 is 28.5 Å². The number of nitrogens with one attached hydrogen (secondary N) is 1. The summed E-state index contributed by atoms with van der Waals surface area (Å²) in [5, 5.41) is 4.75. The predicted molar refractivity (Wildman–Crippen MR) is 130 cm³/mol. The maximum Gasteiger partial charge on any atom is 0.282 e. The normalized spacial score (nSPS) is 22.6. The smallest absolute Gasteiger partial charge is 0.282 e. The zero-order valence-electron chi connectivity index (χ0n) is 19.4. The molecular weight excluding hydrogens is 402 g/mol. The molecule has 4 rings (SSSR count). The number of aliphatic imine (C=N–C) groups is 1. The van der Waals surface area contributed by atoms with Crippen molar-refractivity contribution in [3.63, 3.8) is 0 Å². The van der Waals surface area contributed by atoms with Crippen molar-refractivity contribution in [1.29, 1.82) is 0 Å². The average molecular weight is 438 g/mol. The number of pyridine rings is 1. The molecule has 1 aromatic carbocycles. The number of piperidine rings is 1. The Bertz CT molecular complexity index is 999. The maximum atomic E-state index is 13.1. The molecule has 7 nitrogen and oxygen atoms in total. The minimum Gasteiger partial charge on any atom is -0.387 e. The number of nitrogens with zero attached hydrogens (tertiary/aromatic N) is 3. The third-order valence-electron chi connectivity index (χ3n) is 6.75. The highest BCUT2D eigenvalue weighted by atomic mass is 16.5. The fourth-order valence-electron chi connectivity index (χ4n) is 4.89. The first-order valence-corrected chi connectivity index (χ1v) is 11.8. The van der Waals surface area contributed by atoms with Crippen molar-refractivity contribution in [2.75, 3.05) is 25.1 Å². The van der Waals surface area contributed by atoms with Crippen LogP contribution < -0.4 is 16.0 Å². The van der Waals surface area contributed by atoms with E-state index in [4.69, 9.17) is 15.5 Å². The largest absolute Gasteiger partial charge is 0.387 e. The van der Waals surface area contributed by atoms with Crippen molar-refractivity contribution in [1.82, 2.24) is 10.3 Å². The molecule has 2 fully saturated rings. The van der Waals surface area contributed by atoms with Gasteiger partial charge in [-0.05, 0) is 44.4 Å². The Hall–Kier alpha value is -2.51. The molecule has 2 heterocycles. The molecule has 1 aromatic heterocycles. The van der Waals surface area contributed by atoms with Crippen molar-refractivity contribution in [2.45, 2.75) is 70.6 Å². The minimum absolute atomic E-state index is 0.0343. The number of hydrogen-bond donors (Lipinski definition) is 2. The van der Waals surface area contributed by atoms with Crippen LogP contribution in [0.25, 0.3) is 10.9 Å². The van der Waals surface area contributed by atoms with Crippen LogP contribution in [-0.4, -0.2) is 55.1 Å². The molecule has 2 unspecified atom stereocenters. The molecule has 0 spiro atoms. The average Bonchev–Trinajstić information content (AvgIpc) is 3.31. The second kappa shape index (κ2) is 9.96. The number of methoxy groups -OCH3 is 1. The highest BCUT2D eigenvalue weighted by molar-refractivity contribution is 6.07. The Kier molecular flexibility index (Phi) is 7.06. The highest BCUT2D eigenvalue weighted by Gasteiger charge is 2.33. The van der Waals surface area contributed by atoms with Crippen LogP contribution in [0.15, 0.2) is 29.3 Å². The lowest BCUT2D eigenvalue weighted by molar-refractivity contribution is 0.0557. The van der Waals surface area contributed by atoms with E-state index in [-0.39, 0.29) is 12.0 Å². The lowest BCUT2D eigenvalue weighted by Gasteiger charge is -2.40. The molecular formula is C25H35N5O2. The summed E-state index contributed by atoms with van der Waals surface area (Å²) in [4.78, 5) is 24.3. The zero-order chi connectivity index (χ0) is 22.7. The van der Waals surface area contributed by atoms with E-state index in [1.165, 1.54) is 25.7 Å². The molecule has 32 heavy (non-hydrogen) atoms. The van der Waals surface area contributed by atoms with E-state index >= 15 is 0 Å². The number of nitrogens with two attached hydrogens (primary N) is 1. The van der Waals surface area contributed by atoms with Gasteiger partial charge in [-0.2, -0.15) is 4.99 Å². The number of carbonyl (C=O) groups is 1. The second-order valence-electron chi connectivity index (χ2n) is 9.08. The van der Waals surface area contributed by atoms with E-state index in [9.17, 15) is 4.79 Å². The van der Waals surface area contributed by atoms with Gasteiger partial charge in [0.25, 0.3) is 5.91 Å². The molecule has 172 valence electrons. The minimum atomic E-state index is -0.338. The van der Waals surface area contributed by atoms with Crippen molar-refractivity contribution < 1.29 is 9.53 Å². The number of fused-ring (bicyclic) bond motifs is 1. The van der Waals surface area contributed by atoms with Gasteiger partial charge in [0.05, 0.1) is 17.2 Å². The van der Waals surface area contributed by atoms with Gasteiger partial charge in [-0.15, -0.1) is 0 Å². The van der Waals surface area contributed by atoms with Gasteiger partial charge >= 0.3 is 0 Å². The molecule has 2 aliphatic rings. The molecule has 2 aromatic rings. The van der Waals surface area contributed by atoms with E-state index in [0.717, 1.165) is 29.4 Å². The summed E-state index contributed by atoms with van der Waals surface area (Å²) in [6.45, 7) is 5.41. The number of aromatic nitrogens is 1. The summed E-state index contributed by atoms with van der Waals surface area (Å²) in [7, 11) is 1.77. The molecule has 0 radical (unpaired) electrons. The van der Waals surface area contributed by atoms with Crippen LogP contribution in [0.1, 0.15) is 61.4 Å². The van der Waals surface area contributed by atoms with E-state index in [2.05, 4.69) is 15.2 Å². The summed E-state index contributed by atoms with van der Waals surface area (Å²) in [6, 6.07) is 8.91. The number of benzene rings is 1. The Morgan fingerprint density at radius 3 is 2.78 bits per heavy atom. The molecule has 1 saturated heterocycles. The monoisotopic (exact) mass is 437 g/mol. The van der Waals surface area contributed by atoms with Gasteiger partial charge in [0, 0.05) is 44.1 Å². The molecule has 2 atom stereocenters. The third-order valence-corrected chi connectivity index (χ3v) is 6.75. The molecule has 1 aliphatic heterocycles. The number of aryl methyl sites for hydroxylation is 1. The van der Waals surface area contributed by atoms with Crippen molar-refractivity contribution in [3.05, 3.63) is 35.4 Å². The van der Waals surface area contributed by atoms with Gasteiger partial charge in [0.2, 0.25) is 0 Å². The molecule has 0 bridgehead atoms.